The lowest BCUT2D eigenvalue weighted by Gasteiger charge is -2.28. The highest BCUT2D eigenvalue weighted by atomic mass is 16.5. The average molecular weight is 449 g/mol. The Labute approximate surface area is 192 Å². The second-order valence-corrected chi connectivity index (χ2v) is 8.82. The fraction of sp³-hybridized carbons (Fsp3) is 0.417. The van der Waals surface area contributed by atoms with Crippen LogP contribution in [0.2, 0.25) is 0 Å². The van der Waals surface area contributed by atoms with E-state index in [1.807, 2.05) is 17.0 Å². The van der Waals surface area contributed by atoms with Gasteiger partial charge in [-0.25, -0.2) is 4.98 Å². The number of carbonyl (C=O) groups excluding carboxylic acids is 1. The first kappa shape index (κ1) is 21.4. The molecule has 1 N–H and O–H groups in total. The molecule has 0 aliphatic carbocycles. The molecule has 1 saturated heterocycles. The van der Waals surface area contributed by atoms with Crippen molar-refractivity contribution in [3.05, 3.63) is 75.2 Å². The van der Waals surface area contributed by atoms with Crippen molar-refractivity contribution in [1.82, 2.24) is 29.5 Å². The lowest BCUT2D eigenvalue weighted by molar-refractivity contribution is 0.0790. The van der Waals surface area contributed by atoms with Gasteiger partial charge in [0.2, 0.25) is 0 Å². The third-order valence-corrected chi connectivity index (χ3v) is 6.55. The van der Waals surface area contributed by atoms with Gasteiger partial charge in [-0.1, -0.05) is 12.1 Å². The highest BCUT2D eigenvalue weighted by Gasteiger charge is 2.31. The number of nitrogens with one attached hydrogen (secondary N) is 1. The quantitative estimate of drug-likeness (QED) is 0.638. The third-order valence-electron chi connectivity index (χ3n) is 6.55. The summed E-state index contributed by atoms with van der Waals surface area (Å²) in [6.07, 6.45) is 4.78. The molecule has 0 spiro atoms. The third kappa shape index (κ3) is 4.41. The molecule has 0 radical (unpaired) electrons. The van der Waals surface area contributed by atoms with E-state index in [1.165, 1.54) is 5.56 Å². The van der Waals surface area contributed by atoms with Crippen LogP contribution in [0, 0.1) is 0 Å². The van der Waals surface area contributed by atoms with Crippen LogP contribution in [0.15, 0.2) is 41.5 Å². The summed E-state index contributed by atoms with van der Waals surface area (Å²) in [6, 6.07) is 8.06. The average Bonchev–Trinajstić information content (AvgIpc) is 3.48. The summed E-state index contributed by atoms with van der Waals surface area (Å²) in [5.41, 5.74) is 3.37. The Bertz CT molecular complexity index is 1220. The molecule has 5 rings (SSSR count). The van der Waals surface area contributed by atoms with Gasteiger partial charge in [0, 0.05) is 57.4 Å². The highest BCUT2D eigenvalue weighted by Crippen LogP contribution is 2.27. The molecular formula is C24H28N6O3. The summed E-state index contributed by atoms with van der Waals surface area (Å²) in [6.45, 7) is 3.45. The first-order chi connectivity index (χ1) is 16.0. The molecule has 0 bridgehead atoms. The number of ether oxygens (including phenoxy) is 1. The van der Waals surface area contributed by atoms with E-state index in [0.29, 0.717) is 37.4 Å². The molecule has 3 aromatic rings. The van der Waals surface area contributed by atoms with Crippen LogP contribution < -0.4 is 10.3 Å². The van der Waals surface area contributed by atoms with Crippen LogP contribution in [0.5, 0.6) is 5.75 Å². The van der Waals surface area contributed by atoms with Gasteiger partial charge in [-0.2, -0.15) is 5.10 Å². The number of aromatic nitrogens is 4. The molecule has 9 heteroatoms. The minimum atomic E-state index is -0.0452. The Balaban J connectivity index is 1.29. The number of fused-ring (bicyclic) bond motifs is 1. The van der Waals surface area contributed by atoms with Crippen LogP contribution in [-0.2, 0) is 26.6 Å². The van der Waals surface area contributed by atoms with Crippen molar-refractivity contribution >= 4 is 5.91 Å². The number of aromatic amines is 1. The van der Waals surface area contributed by atoms with Crippen molar-refractivity contribution in [2.75, 3.05) is 26.7 Å². The number of H-pyrrole nitrogens is 1. The predicted octanol–water partition coefficient (Wildman–Crippen LogP) is 1.70. The van der Waals surface area contributed by atoms with Crippen LogP contribution in [-0.4, -0.2) is 62.2 Å². The maximum absolute atomic E-state index is 12.8. The van der Waals surface area contributed by atoms with E-state index >= 15 is 0 Å². The molecule has 2 aliphatic rings. The van der Waals surface area contributed by atoms with E-state index in [0.717, 1.165) is 36.5 Å². The molecule has 2 aromatic heterocycles. The zero-order chi connectivity index (χ0) is 22.9. The van der Waals surface area contributed by atoms with Crippen molar-refractivity contribution in [3.8, 4) is 5.75 Å². The Hall–Kier alpha value is -3.46. The van der Waals surface area contributed by atoms with Crippen LogP contribution in [0.4, 0.5) is 0 Å². The van der Waals surface area contributed by atoms with E-state index in [2.05, 4.69) is 27.1 Å². The van der Waals surface area contributed by atoms with E-state index in [-0.39, 0.29) is 17.4 Å². The standard InChI is InChI=1S/C24H28N6O3/c1-28-13-18(11-25-28)24(32)30-10-7-17(14-30)22-26-21-15-29(9-8-20(21)23(31)27-22)12-16-3-5-19(33-2)6-4-16/h3-6,11,13,17H,7-10,12,14-15H2,1-2H3,(H,26,27,31)/t17-/m1/s1. The fourth-order valence-corrected chi connectivity index (χ4v) is 4.71. The maximum atomic E-state index is 12.8. The first-order valence-corrected chi connectivity index (χ1v) is 11.3. The number of benzene rings is 1. The summed E-state index contributed by atoms with van der Waals surface area (Å²) in [5, 5.41) is 4.09. The number of methoxy groups -OCH3 is 1. The Kier molecular flexibility index (Phi) is 5.72. The molecule has 1 aromatic carbocycles. The normalized spacial score (nSPS) is 18.4. The predicted molar refractivity (Wildman–Crippen MR) is 122 cm³/mol. The largest absolute Gasteiger partial charge is 0.497 e. The van der Waals surface area contributed by atoms with Gasteiger partial charge in [0.05, 0.1) is 24.6 Å². The van der Waals surface area contributed by atoms with Gasteiger partial charge in [-0.15, -0.1) is 0 Å². The van der Waals surface area contributed by atoms with Crippen molar-refractivity contribution in [2.24, 2.45) is 7.05 Å². The van der Waals surface area contributed by atoms with Gasteiger partial charge >= 0.3 is 0 Å². The van der Waals surface area contributed by atoms with Crippen molar-refractivity contribution in [2.45, 2.75) is 31.8 Å². The Morgan fingerprint density at radius 3 is 2.79 bits per heavy atom. The molecule has 4 heterocycles. The molecule has 9 nitrogen and oxygen atoms in total. The zero-order valence-electron chi connectivity index (χ0n) is 19.0. The summed E-state index contributed by atoms with van der Waals surface area (Å²) in [5.74, 6) is 1.52. The van der Waals surface area contributed by atoms with Gasteiger partial charge < -0.3 is 14.6 Å². The topological polar surface area (TPSA) is 96.3 Å². The zero-order valence-corrected chi connectivity index (χ0v) is 19.0. The van der Waals surface area contributed by atoms with E-state index in [1.54, 1.807) is 31.2 Å². The molecule has 1 amide bonds. The first-order valence-electron chi connectivity index (χ1n) is 11.3. The van der Waals surface area contributed by atoms with Crippen molar-refractivity contribution in [1.29, 1.82) is 0 Å². The lowest BCUT2D eigenvalue weighted by Crippen LogP contribution is -2.36. The second kappa shape index (κ2) is 8.82. The molecule has 1 atom stereocenters. The molecule has 172 valence electrons. The smallest absolute Gasteiger partial charge is 0.257 e. The number of hydrogen-bond donors (Lipinski definition) is 1. The van der Waals surface area contributed by atoms with Crippen LogP contribution in [0.1, 0.15) is 45.3 Å². The van der Waals surface area contributed by atoms with Gasteiger partial charge in [0.25, 0.3) is 11.5 Å². The minimum Gasteiger partial charge on any atom is -0.497 e. The molecule has 0 unspecified atom stereocenters. The van der Waals surface area contributed by atoms with Crippen molar-refractivity contribution < 1.29 is 9.53 Å². The van der Waals surface area contributed by atoms with E-state index in [9.17, 15) is 9.59 Å². The van der Waals surface area contributed by atoms with Crippen molar-refractivity contribution in [3.63, 3.8) is 0 Å². The minimum absolute atomic E-state index is 0.0283. The number of amides is 1. The van der Waals surface area contributed by atoms with Crippen LogP contribution >= 0.6 is 0 Å². The summed E-state index contributed by atoms with van der Waals surface area (Å²) in [4.78, 5) is 37.6. The highest BCUT2D eigenvalue weighted by molar-refractivity contribution is 5.93. The van der Waals surface area contributed by atoms with Gasteiger partial charge in [-0.3, -0.25) is 19.2 Å². The number of carbonyl (C=O) groups is 1. The second-order valence-electron chi connectivity index (χ2n) is 8.82. The monoisotopic (exact) mass is 448 g/mol. The lowest BCUT2D eigenvalue weighted by atomic mass is 10.0. The number of rotatable bonds is 5. The van der Waals surface area contributed by atoms with Gasteiger partial charge in [-0.05, 0) is 30.5 Å². The number of aryl methyl sites for hydroxylation is 1. The van der Waals surface area contributed by atoms with Crippen LogP contribution in [0.25, 0.3) is 0 Å². The molecule has 2 aliphatic heterocycles. The van der Waals surface area contributed by atoms with Gasteiger partial charge in [0.1, 0.15) is 11.6 Å². The number of likely N-dealkylation sites (tertiary alicyclic amines) is 1. The molecule has 33 heavy (non-hydrogen) atoms. The summed E-state index contributed by atoms with van der Waals surface area (Å²) >= 11 is 0. The van der Waals surface area contributed by atoms with E-state index in [4.69, 9.17) is 9.72 Å². The SMILES string of the molecule is COc1ccc(CN2CCc3c(nc([C@@H]4CCN(C(=O)c5cnn(C)c5)C4)[nH]c3=O)C2)cc1. The number of nitrogens with zero attached hydrogens (tertiary/aromatic N) is 5. The maximum Gasteiger partial charge on any atom is 0.257 e. The molecule has 0 saturated carbocycles. The summed E-state index contributed by atoms with van der Waals surface area (Å²) in [7, 11) is 3.46. The molecule has 1 fully saturated rings. The fourth-order valence-electron chi connectivity index (χ4n) is 4.71. The number of hydrogen-bond acceptors (Lipinski definition) is 6. The summed E-state index contributed by atoms with van der Waals surface area (Å²) < 4.78 is 6.86. The Morgan fingerprint density at radius 2 is 2.06 bits per heavy atom. The van der Waals surface area contributed by atoms with E-state index < -0.39 is 0 Å². The Morgan fingerprint density at radius 1 is 1.24 bits per heavy atom. The molecular weight excluding hydrogens is 420 g/mol. The van der Waals surface area contributed by atoms with Gasteiger partial charge in [0.15, 0.2) is 0 Å². The van der Waals surface area contributed by atoms with Crippen LogP contribution in [0.3, 0.4) is 0 Å².